The first-order chi connectivity index (χ1) is 12.9. The summed E-state index contributed by atoms with van der Waals surface area (Å²) in [5, 5.41) is 3.10. The van der Waals surface area contributed by atoms with Crippen molar-refractivity contribution in [3.63, 3.8) is 0 Å². The van der Waals surface area contributed by atoms with Crippen molar-refractivity contribution >= 4 is 44.1 Å². The molecule has 0 atom stereocenters. The van der Waals surface area contributed by atoms with Crippen molar-refractivity contribution in [2.24, 2.45) is 5.73 Å². The van der Waals surface area contributed by atoms with E-state index >= 15 is 0 Å². The molecule has 0 unspecified atom stereocenters. The Morgan fingerprint density at radius 2 is 1.89 bits per heavy atom. The van der Waals surface area contributed by atoms with Crippen molar-refractivity contribution in [3.8, 4) is 11.1 Å². The van der Waals surface area contributed by atoms with E-state index in [2.05, 4.69) is 21.2 Å². The van der Waals surface area contributed by atoms with E-state index in [0.29, 0.717) is 15.0 Å². The molecular formula is C19H16BrN3O3S. The number of hydrogen-bond acceptors (Lipinski definition) is 4. The monoisotopic (exact) mass is 445 g/mol. The van der Waals surface area contributed by atoms with Crippen molar-refractivity contribution in [1.29, 1.82) is 0 Å². The second kappa shape index (κ2) is 7.89. The number of aromatic nitrogens is 1. The highest BCUT2D eigenvalue weighted by Crippen LogP contribution is 2.39. The smallest absolute Gasteiger partial charge is 0.252 e. The van der Waals surface area contributed by atoms with Gasteiger partial charge < -0.3 is 15.6 Å². The number of nitrogens with one attached hydrogen (secondary N) is 1. The highest BCUT2D eigenvalue weighted by Gasteiger charge is 2.22. The Hall–Kier alpha value is -2.71. The van der Waals surface area contributed by atoms with Crippen LogP contribution < -0.4 is 16.6 Å². The minimum Gasteiger partial charge on any atom is -0.365 e. The van der Waals surface area contributed by atoms with Gasteiger partial charge in [0.25, 0.3) is 11.5 Å². The number of carbonyl (C=O) groups excluding carboxylic acids is 2. The van der Waals surface area contributed by atoms with Crippen LogP contribution in [0.3, 0.4) is 0 Å². The Morgan fingerprint density at radius 1 is 1.19 bits per heavy atom. The van der Waals surface area contributed by atoms with Crippen LogP contribution in [0.4, 0.5) is 5.00 Å². The molecule has 6 nitrogen and oxygen atoms in total. The fraction of sp³-hybridized carbons (Fsp3) is 0.105. The van der Waals surface area contributed by atoms with Crippen molar-refractivity contribution in [2.45, 2.75) is 13.5 Å². The quantitative estimate of drug-likeness (QED) is 0.629. The molecule has 0 aliphatic carbocycles. The van der Waals surface area contributed by atoms with Gasteiger partial charge in [-0.15, -0.1) is 11.3 Å². The molecule has 8 heteroatoms. The maximum Gasteiger partial charge on any atom is 0.252 e. The van der Waals surface area contributed by atoms with Crippen molar-refractivity contribution < 1.29 is 9.59 Å². The number of primary amides is 1. The summed E-state index contributed by atoms with van der Waals surface area (Å²) in [6.45, 7) is 1.70. The molecule has 2 heterocycles. The van der Waals surface area contributed by atoms with Crippen molar-refractivity contribution in [1.82, 2.24) is 4.57 Å². The largest absolute Gasteiger partial charge is 0.365 e. The summed E-state index contributed by atoms with van der Waals surface area (Å²) in [4.78, 5) is 37.3. The Bertz CT molecular complexity index is 1070. The van der Waals surface area contributed by atoms with Gasteiger partial charge in [0, 0.05) is 27.2 Å². The summed E-state index contributed by atoms with van der Waals surface area (Å²) >= 11 is 4.55. The topological polar surface area (TPSA) is 94.2 Å². The summed E-state index contributed by atoms with van der Waals surface area (Å²) in [6, 6.07) is 12.4. The molecule has 138 valence electrons. The molecule has 0 aliphatic heterocycles. The van der Waals surface area contributed by atoms with Gasteiger partial charge in [-0.3, -0.25) is 14.4 Å². The SMILES string of the molecule is Cc1sc(NC(=O)Cn2cc(Br)ccc2=O)c(C(N)=O)c1-c1ccccc1. The average molecular weight is 446 g/mol. The van der Waals surface area contributed by atoms with Gasteiger partial charge in [0.1, 0.15) is 11.5 Å². The molecule has 0 bridgehead atoms. The zero-order valence-electron chi connectivity index (χ0n) is 14.4. The number of carbonyl (C=O) groups is 2. The summed E-state index contributed by atoms with van der Waals surface area (Å²) in [5.74, 6) is -1.04. The lowest BCUT2D eigenvalue weighted by molar-refractivity contribution is -0.116. The van der Waals surface area contributed by atoms with Crippen LogP contribution in [0.25, 0.3) is 11.1 Å². The van der Waals surface area contributed by atoms with E-state index in [9.17, 15) is 14.4 Å². The second-order valence-corrected chi connectivity index (χ2v) is 7.97. The van der Waals surface area contributed by atoms with Crippen molar-refractivity contribution in [2.75, 3.05) is 5.32 Å². The number of anilines is 1. The standard InChI is InChI=1S/C19H16BrN3O3S/c1-11-16(12-5-3-2-4-6-12)17(18(21)26)19(27-11)22-14(24)10-23-9-13(20)7-8-15(23)25/h2-9H,10H2,1H3,(H2,21,26)(H,22,24). The number of benzene rings is 1. The first-order valence-electron chi connectivity index (χ1n) is 8.01. The van der Waals surface area contributed by atoms with Crippen LogP contribution in [0.5, 0.6) is 0 Å². The lowest BCUT2D eigenvalue weighted by Crippen LogP contribution is -2.27. The Morgan fingerprint density at radius 3 is 2.56 bits per heavy atom. The molecule has 2 amide bonds. The first kappa shape index (κ1) is 19.1. The molecule has 0 fully saturated rings. The van der Waals surface area contributed by atoms with Gasteiger partial charge in [-0.05, 0) is 34.5 Å². The van der Waals surface area contributed by atoms with Gasteiger partial charge in [-0.2, -0.15) is 0 Å². The van der Waals surface area contributed by atoms with Gasteiger partial charge in [-0.25, -0.2) is 0 Å². The van der Waals surface area contributed by atoms with Crippen LogP contribution in [0, 0.1) is 6.92 Å². The highest BCUT2D eigenvalue weighted by atomic mass is 79.9. The number of nitrogens with two attached hydrogens (primary N) is 1. The Kier molecular flexibility index (Phi) is 5.57. The average Bonchev–Trinajstić information content (AvgIpc) is 2.94. The predicted octanol–water partition coefficient (Wildman–Crippen LogP) is 3.39. The minimum absolute atomic E-state index is 0.173. The number of aryl methyl sites for hydroxylation is 1. The predicted molar refractivity (Wildman–Crippen MR) is 110 cm³/mol. The van der Waals surface area contributed by atoms with Crippen LogP contribution in [-0.2, 0) is 11.3 Å². The normalized spacial score (nSPS) is 10.6. The number of halogens is 1. The Labute approximate surface area is 167 Å². The number of thiophene rings is 1. The fourth-order valence-electron chi connectivity index (χ4n) is 2.77. The summed E-state index contributed by atoms with van der Waals surface area (Å²) in [5.41, 5.74) is 7.14. The van der Waals surface area contributed by atoms with E-state index in [4.69, 9.17) is 5.73 Å². The van der Waals surface area contributed by atoms with Crippen LogP contribution in [0.2, 0.25) is 0 Å². The van der Waals surface area contributed by atoms with E-state index in [-0.39, 0.29) is 17.7 Å². The molecule has 3 N–H and O–H groups in total. The maximum absolute atomic E-state index is 12.4. The number of amides is 2. The van der Waals surface area contributed by atoms with Gasteiger partial charge in [0.15, 0.2) is 0 Å². The third kappa shape index (κ3) is 4.17. The number of pyridine rings is 1. The Balaban J connectivity index is 1.93. The molecule has 0 saturated carbocycles. The third-order valence-corrected chi connectivity index (χ3v) is 5.40. The van der Waals surface area contributed by atoms with Gasteiger partial charge >= 0.3 is 0 Å². The van der Waals surface area contributed by atoms with E-state index in [0.717, 1.165) is 10.4 Å². The zero-order chi connectivity index (χ0) is 19.6. The van der Waals surface area contributed by atoms with Crippen molar-refractivity contribution in [3.05, 3.63) is 73.9 Å². The molecule has 0 aliphatic rings. The van der Waals surface area contributed by atoms with Crippen LogP contribution in [-0.4, -0.2) is 16.4 Å². The number of hydrogen-bond donors (Lipinski definition) is 2. The van der Waals surface area contributed by atoms with Crippen LogP contribution in [0.1, 0.15) is 15.2 Å². The molecule has 3 rings (SSSR count). The minimum atomic E-state index is -0.617. The summed E-state index contributed by atoms with van der Waals surface area (Å²) in [7, 11) is 0. The van der Waals surface area contributed by atoms with Gasteiger partial charge in [0.2, 0.25) is 5.91 Å². The molecule has 0 spiro atoms. The number of rotatable bonds is 5. The second-order valence-electron chi connectivity index (χ2n) is 5.83. The van der Waals surface area contributed by atoms with E-state index in [1.54, 1.807) is 6.07 Å². The molecule has 27 heavy (non-hydrogen) atoms. The zero-order valence-corrected chi connectivity index (χ0v) is 16.8. The molecular weight excluding hydrogens is 430 g/mol. The van der Waals surface area contributed by atoms with E-state index < -0.39 is 11.8 Å². The number of nitrogens with zero attached hydrogens (tertiary/aromatic N) is 1. The van der Waals surface area contributed by atoms with E-state index in [1.807, 2.05) is 37.3 Å². The molecule has 0 radical (unpaired) electrons. The van der Waals surface area contributed by atoms with Gasteiger partial charge in [-0.1, -0.05) is 30.3 Å². The molecule has 0 saturated heterocycles. The third-order valence-electron chi connectivity index (χ3n) is 3.91. The van der Waals surface area contributed by atoms with E-state index in [1.165, 1.54) is 28.2 Å². The lowest BCUT2D eigenvalue weighted by atomic mass is 10.0. The molecule has 3 aromatic rings. The lowest BCUT2D eigenvalue weighted by Gasteiger charge is -2.08. The maximum atomic E-state index is 12.4. The molecule has 2 aromatic heterocycles. The van der Waals surface area contributed by atoms with Crippen LogP contribution in [0.15, 0.2) is 57.9 Å². The summed E-state index contributed by atoms with van der Waals surface area (Å²) < 4.78 is 1.97. The first-order valence-corrected chi connectivity index (χ1v) is 9.62. The summed E-state index contributed by atoms with van der Waals surface area (Å²) in [6.07, 6.45) is 1.53. The highest BCUT2D eigenvalue weighted by molar-refractivity contribution is 9.10. The molecule has 1 aromatic carbocycles. The van der Waals surface area contributed by atoms with Gasteiger partial charge in [0.05, 0.1) is 5.56 Å². The van der Waals surface area contributed by atoms with Crippen LogP contribution >= 0.6 is 27.3 Å². The fourth-order valence-corrected chi connectivity index (χ4v) is 4.24.